The molecule has 0 N–H and O–H groups in total. The van der Waals surface area contributed by atoms with Crippen LogP contribution in [0.3, 0.4) is 0 Å². The molecule has 0 amide bonds. The van der Waals surface area contributed by atoms with Crippen LogP contribution in [0, 0.1) is 0 Å². The van der Waals surface area contributed by atoms with Crippen LogP contribution in [0.2, 0.25) is 0 Å². The van der Waals surface area contributed by atoms with Gasteiger partial charge in [0.2, 0.25) is 0 Å². The van der Waals surface area contributed by atoms with Crippen LogP contribution in [0.15, 0.2) is 249 Å². The summed E-state index contributed by atoms with van der Waals surface area (Å²) in [6.07, 6.45) is 0. The molecule has 0 heterocycles. The van der Waals surface area contributed by atoms with Crippen molar-refractivity contribution < 1.29 is 0 Å². The van der Waals surface area contributed by atoms with E-state index in [4.69, 9.17) is 0 Å². The van der Waals surface area contributed by atoms with Gasteiger partial charge in [-0.3, -0.25) is 0 Å². The van der Waals surface area contributed by atoms with E-state index in [0.29, 0.717) is 0 Å². The van der Waals surface area contributed by atoms with Crippen LogP contribution in [-0.2, 0) is 0 Å². The van der Waals surface area contributed by atoms with Crippen LogP contribution in [-0.4, -0.2) is 0 Å². The second-order valence-electron chi connectivity index (χ2n) is 16.4. The zero-order valence-corrected chi connectivity index (χ0v) is 34.6. The second kappa shape index (κ2) is 15.3. The zero-order valence-electron chi connectivity index (χ0n) is 34.6. The van der Waals surface area contributed by atoms with Gasteiger partial charge in [-0.1, -0.05) is 200 Å². The Hall–Kier alpha value is -8.26. The van der Waals surface area contributed by atoms with Crippen LogP contribution in [0.25, 0.3) is 99.4 Å². The maximum Gasteiger partial charge on any atom is 0.0468 e. The molecule has 0 bridgehead atoms. The Morgan fingerprint density at radius 2 is 0.587 bits per heavy atom. The molecule has 0 saturated carbocycles. The number of hydrogen-bond donors (Lipinski definition) is 0. The lowest BCUT2D eigenvalue weighted by Crippen LogP contribution is -2.10. The van der Waals surface area contributed by atoms with Crippen LogP contribution < -0.4 is 4.90 Å². The van der Waals surface area contributed by atoms with Crippen molar-refractivity contribution in [3.63, 3.8) is 0 Å². The molecule has 0 radical (unpaired) electrons. The van der Waals surface area contributed by atoms with E-state index in [2.05, 4.69) is 254 Å². The van der Waals surface area contributed by atoms with Crippen LogP contribution >= 0.6 is 0 Å². The fraction of sp³-hybridized carbons (Fsp3) is 0. The minimum absolute atomic E-state index is 1.10. The highest BCUT2D eigenvalue weighted by Gasteiger charge is 2.32. The van der Waals surface area contributed by atoms with E-state index in [1.807, 2.05) is 0 Å². The summed E-state index contributed by atoms with van der Waals surface area (Å²) in [5.41, 5.74) is 20.9. The third kappa shape index (κ3) is 6.42. The number of anilines is 3. The van der Waals surface area contributed by atoms with Gasteiger partial charge in [-0.25, -0.2) is 0 Å². The Morgan fingerprint density at radius 3 is 1.11 bits per heavy atom. The fourth-order valence-electron chi connectivity index (χ4n) is 9.75. The molecule has 0 saturated heterocycles. The average molecular weight is 800 g/mol. The first-order chi connectivity index (χ1) is 31.2. The van der Waals surface area contributed by atoms with Gasteiger partial charge in [-0.15, -0.1) is 0 Å². The van der Waals surface area contributed by atoms with E-state index in [9.17, 15) is 0 Å². The summed E-state index contributed by atoms with van der Waals surface area (Å²) in [6.45, 7) is 0. The smallest absolute Gasteiger partial charge is 0.0468 e. The molecule has 0 fully saturated rings. The van der Waals surface area contributed by atoms with Crippen molar-refractivity contribution >= 4 is 38.6 Å². The van der Waals surface area contributed by atoms with E-state index in [1.54, 1.807) is 0 Å². The van der Waals surface area contributed by atoms with Crippen LogP contribution in [0.4, 0.5) is 17.1 Å². The molecule has 0 aliphatic heterocycles. The molecule has 1 nitrogen and oxygen atoms in total. The van der Waals surface area contributed by atoms with Gasteiger partial charge in [0.15, 0.2) is 0 Å². The number of fused-ring (bicyclic) bond motifs is 6. The standard InChI is InChI=1S/C62H41N/c1-5-16-42(17-6-1)44-28-30-46(31-29-44)49-24-15-25-53(38-49)63(52-35-32-45(33-36-52)43-18-7-2-8-19-43)54-37-34-50-40-57-58(41-51(50)39-54)62-60(48-22-11-4-12-23-48)56-27-14-13-26-55(56)59(61(57)62)47-20-9-3-10-21-47/h1-41H. The Labute approximate surface area is 368 Å². The van der Waals surface area contributed by atoms with E-state index in [0.717, 1.165) is 17.1 Å². The predicted molar refractivity (Wildman–Crippen MR) is 268 cm³/mol. The number of rotatable bonds is 8. The summed E-state index contributed by atoms with van der Waals surface area (Å²) in [7, 11) is 0. The van der Waals surface area contributed by atoms with Gasteiger partial charge < -0.3 is 4.90 Å². The van der Waals surface area contributed by atoms with Gasteiger partial charge in [-0.2, -0.15) is 0 Å². The Kier molecular flexibility index (Phi) is 8.90. The van der Waals surface area contributed by atoms with Crippen molar-refractivity contribution in [2.45, 2.75) is 0 Å². The lowest BCUT2D eigenvalue weighted by molar-refractivity contribution is 1.29. The van der Waals surface area contributed by atoms with E-state index in [-0.39, 0.29) is 0 Å². The SMILES string of the molecule is c1ccc(-c2ccc(-c3cccc(N(c4ccc(-c5ccccc5)cc4)c4ccc5cc6c(cc5c4)-c4c-6c(-c5ccccc5)c5ccccc5c4-c4ccccc4)c3)cc2)cc1. The van der Waals surface area contributed by atoms with E-state index >= 15 is 0 Å². The van der Waals surface area contributed by atoms with Gasteiger partial charge in [-0.05, 0) is 148 Å². The van der Waals surface area contributed by atoms with Crippen molar-refractivity contribution in [2.75, 3.05) is 4.90 Å². The number of hydrogen-bond acceptors (Lipinski definition) is 1. The molecular weight excluding hydrogens is 759 g/mol. The summed E-state index contributed by atoms with van der Waals surface area (Å²) in [6, 6.07) is 90.7. The van der Waals surface area contributed by atoms with Crippen molar-refractivity contribution in [3.8, 4) is 77.9 Å². The molecule has 63 heavy (non-hydrogen) atoms. The van der Waals surface area contributed by atoms with Gasteiger partial charge in [0.05, 0.1) is 0 Å². The van der Waals surface area contributed by atoms with Crippen molar-refractivity contribution in [1.29, 1.82) is 0 Å². The largest absolute Gasteiger partial charge is 0.310 e. The third-order valence-electron chi connectivity index (χ3n) is 12.8. The molecule has 0 spiro atoms. The minimum Gasteiger partial charge on any atom is -0.310 e. The van der Waals surface area contributed by atoms with Crippen molar-refractivity contribution in [1.82, 2.24) is 0 Å². The quantitative estimate of drug-likeness (QED) is 0.148. The first-order valence-corrected chi connectivity index (χ1v) is 21.7. The van der Waals surface area contributed by atoms with Gasteiger partial charge in [0, 0.05) is 17.1 Å². The molecule has 1 aliphatic carbocycles. The van der Waals surface area contributed by atoms with Crippen molar-refractivity contribution in [2.24, 2.45) is 0 Å². The van der Waals surface area contributed by atoms with E-state index in [1.165, 1.54) is 99.4 Å². The first-order valence-electron chi connectivity index (χ1n) is 21.7. The lowest BCUT2D eigenvalue weighted by atomic mass is 9.70. The predicted octanol–water partition coefficient (Wildman–Crippen LogP) is 17.4. The molecule has 1 heteroatoms. The molecule has 294 valence electrons. The molecule has 11 aromatic rings. The highest BCUT2D eigenvalue weighted by atomic mass is 15.1. The van der Waals surface area contributed by atoms with Gasteiger partial charge in [0.1, 0.15) is 0 Å². The summed E-state index contributed by atoms with van der Waals surface area (Å²) in [4.78, 5) is 2.40. The van der Waals surface area contributed by atoms with Crippen LogP contribution in [0.1, 0.15) is 0 Å². The average Bonchev–Trinajstić information content (AvgIpc) is 3.36. The maximum absolute atomic E-state index is 2.44. The van der Waals surface area contributed by atoms with Gasteiger partial charge in [0.25, 0.3) is 0 Å². The molecule has 1 aliphatic rings. The van der Waals surface area contributed by atoms with Crippen LogP contribution in [0.5, 0.6) is 0 Å². The first kappa shape index (κ1) is 36.6. The maximum atomic E-state index is 2.44. The van der Waals surface area contributed by atoms with Crippen molar-refractivity contribution in [3.05, 3.63) is 249 Å². The summed E-state index contributed by atoms with van der Waals surface area (Å²) < 4.78 is 0. The Morgan fingerprint density at radius 1 is 0.206 bits per heavy atom. The molecule has 11 aromatic carbocycles. The zero-order chi connectivity index (χ0) is 41.7. The monoisotopic (exact) mass is 799 g/mol. The second-order valence-corrected chi connectivity index (χ2v) is 16.4. The van der Waals surface area contributed by atoms with Gasteiger partial charge >= 0.3 is 0 Å². The Bertz CT molecular complexity index is 3450. The molecular formula is C62H41N. The molecule has 12 rings (SSSR count). The van der Waals surface area contributed by atoms with E-state index < -0.39 is 0 Å². The minimum atomic E-state index is 1.10. The third-order valence-corrected chi connectivity index (χ3v) is 12.8. The summed E-state index contributed by atoms with van der Waals surface area (Å²) >= 11 is 0. The fourth-order valence-corrected chi connectivity index (χ4v) is 9.75. The number of nitrogens with zero attached hydrogens (tertiary/aromatic N) is 1. The normalized spacial score (nSPS) is 11.5. The highest BCUT2D eigenvalue weighted by Crippen LogP contribution is 2.60. The molecule has 0 aromatic heterocycles. The summed E-state index contributed by atoms with van der Waals surface area (Å²) in [5, 5.41) is 5.00. The number of benzene rings is 11. The Balaban J connectivity index is 1.01. The lowest BCUT2D eigenvalue weighted by Gasteiger charge is -2.33. The molecule has 0 unspecified atom stereocenters. The topological polar surface area (TPSA) is 3.24 Å². The highest BCUT2D eigenvalue weighted by molar-refractivity contribution is 6.26. The molecule has 0 atom stereocenters. The summed E-state index contributed by atoms with van der Waals surface area (Å²) in [5.74, 6) is 0.